The Morgan fingerprint density at radius 2 is 1.86 bits per heavy atom. The average Bonchev–Trinajstić information content (AvgIpc) is 2.46. The van der Waals surface area contributed by atoms with Crippen LogP contribution < -0.4 is 19.5 Å². The van der Waals surface area contributed by atoms with Gasteiger partial charge in [-0.1, -0.05) is 11.6 Å². The summed E-state index contributed by atoms with van der Waals surface area (Å²) in [7, 11) is -0.567. The number of rotatable bonds is 7. The van der Waals surface area contributed by atoms with Crippen molar-refractivity contribution in [2.24, 2.45) is 0 Å². The Morgan fingerprint density at radius 3 is 2.38 bits per heavy atom. The van der Waals surface area contributed by atoms with Gasteiger partial charge in [0.2, 0.25) is 15.9 Å². The molecule has 0 aliphatic rings. The Labute approximate surface area is 128 Å². The van der Waals surface area contributed by atoms with Crippen LogP contribution in [0.2, 0.25) is 5.02 Å². The maximum absolute atomic E-state index is 11.8. The molecule has 0 saturated carbocycles. The fourth-order valence-corrected chi connectivity index (χ4v) is 2.22. The molecule has 0 aromatic heterocycles. The van der Waals surface area contributed by atoms with Crippen LogP contribution in [0.5, 0.6) is 11.5 Å². The molecule has 0 spiro atoms. The van der Waals surface area contributed by atoms with E-state index in [-0.39, 0.29) is 12.3 Å². The molecule has 7 nitrogen and oxygen atoms in total. The van der Waals surface area contributed by atoms with Crippen LogP contribution in [0.1, 0.15) is 6.92 Å². The van der Waals surface area contributed by atoms with E-state index in [1.54, 1.807) is 0 Å². The van der Waals surface area contributed by atoms with E-state index in [0.717, 1.165) is 0 Å². The number of ether oxygens (including phenoxy) is 2. The smallest absolute Gasteiger partial charge is 0.239 e. The van der Waals surface area contributed by atoms with E-state index in [4.69, 9.17) is 21.1 Å². The number of halogens is 1. The number of sulfonamides is 1. The molecule has 2 N–H and O–H groups in total. The lowest BCUT2D eigenvalue weighted by Crippen LogP contribution is -2.33. The number of amides is 1. The van der Waals surface area contributed by atoms with Gasteiger partial charge in [-0.15, -0.1) is 0 Å². The maximum atomic E-state index is 11.8. The summed E-state index contributed by atoms with van der Waals surface area (Å²) in [6.07, 6.45) is 0. The molecule has 1 aromatic carbocycles. The highest BCUT2D eigenvalue weighted by molar-refractivity contribution is 7.89. The highest BCUT2D eigenvalue weighted by atomic mass is 35.5. The van der Waals surface area contributed by atoms with E-state index < -0.39 is 15.9 Å². The van der Waals surface area contributed by atoms with Crippen molar-refractivity contribution < 1.29 is 22.7 Å². The largest absolute Gasteiger partial charge is 0.495 e. The number of carbonyl (C=O) groups is 1. The van der Waals surface area contributed by atoms with Gasteiger partial charge in [0.25, 0.3) is 0 Å². The minimum Gasteiger partial charge on any atom is -0.495 e. The first-order valence-corrected chi connectivity index (χ1v) is 8.04. The van der Waals surface area contributed by atoms with Gasteiger partial charge in [0.1, 0.15) is 11.5 Å². The van der Waals surface area contributed by atoms with Crippen LogP contribution >= 0.6 is 11.6 Å². The van der Waals surface area contributed by atoms with Crippen molar-refractivity contribution in [1.29, 1.82) is 0 Å². The molecule has 0 fully saturated rings. The lowest BCUT2D eigenvalue weighted by Gasteiger charge is -2.13. The minimum absolute atomic E-state index is 0.0988. The lowest BCUT2D eigenvalue weighted by molar-refractivity contribution is -0.115. The molecular formula is C12H17ClN2O5S. The Bertz CT molecular complexity index is 618. The highest BCUT2D eigenvalue weighted by Crippen LogP contribution is 2.35. The first kappa shape index (κ1) is 17.5. The van der Waals surface area contributed by atoms with Gasteiger partial charge in [0, 0.05) is 12.1 Å². The van der Waals surface area contributed by atoms with E-state index in [9.17, 15) is 13.2 Å². The molecule has 0 aliphatic carbocycles. The van der Waals surface area contributed by atoms with Crippen LogP contribution in [0.15, 0.2) is 12.1 Å². The molecule has 0 atom stereocenters. The van der Waals surface area contributed by atoms with Crippen LogP contribution in [-0.4, -0.2) is 40.8 Å². The van der Waals surface area contributed by atoms with Crippen LogP contribution in [0.3, 0.4) is 0 Å². The van der Waals surface area contributed by atoms with E-state index in [2.05, 4.69) is 10.0 Å². The molecule has 0 aliphatic heterocycles. The second-order valence-electron chi connectivity index (χ2n) is 3.96. The van der Waals surface area contributed by atoms with Crippen LogP contribution in [0.4, 0.5) is 5.69 Å². The van der Waals surface area contributed by atoms with Gasteiger partial charge >= 0.3 is 0 Å². The minimum atomic E-state index is -3.43. The van der Waals surface area contributed by atoms with Gasteiger partial charge < -0.3 is 14.8 Å². The fourth-order valence-electron chi connectivity index (χ4n) is 1.43. The van der Waals surface area contributed by atoms with Gasteiger partial charge in [-0.3, -0.25) is 4.79 Å². The first-order valence-electron chi connectivity index (χ1n) is 6.01. The molecule has 0 heterocycles. The summed E-state index contributed by atoms with van der Waals surface area (Å²) in [5.41, 5.74) is 0.333. The van der Waals surface area contributed by atoms with Gasteiger partial charge in [-0.05, 0) is 6.92 Å². The molecule has 0 saturated heterocycles. The van der Waals surface area contributed by atoms with Crippen LogP contribution in [-0.2, 0) is 14.8 Å². The van der Waals surface area contributed by atoms with Crippen molar-refractivity contribution in [1.82, 2.24) is 4.72 Å². The second kappa shape index (κ2) is 7.48. The third-order valence-electron chi connectivity index (χ3n) is 2.58. The third kappa shape index (κ3) is 5.07. The van der Waals surface area contributed by atoms with Crippen LogP contribution in [0, 0.1) is 0 Å². The third-order valence-corrected chi connectivity index (χ3v) is 4.22. The summed E-state index contributed by atoms with van der Waals surface area (Å²) >= 11 is 5.95. The number of nitrogens with one attached hydrogen (secondary N) is 2. The molecule has 0 bridgehead atoms. The molecule has 1 aromatic rings. The van der Waals surface area contributed by atoms with E-state index in [1.807, 2.05) is 0 Å². The zero-order valence-corrected chi connectivity index (χ0v) is 13.5. The predicted octanol–water partition coefficient (Wildman–Crippen LogP) is 1.24. The zero-order valence-electron chi connectivity index (χ0n) is 11.9. The van der Waals surface area contributed by atoms with Crippen LogP contribution in [0.25, 0.3) is 0 Å². The predicted molar refractivity (Wildman–Crippen MR) is 80.6 cm³/mol. The summed E-state index contributed by atoms with van der Waals surface area (Å²) in [6.45, 7) is 1.11. The van der Waals surface area contributed by atoms with Crippen molar-refractivity contribution in [2.75, 3.05) is 31.8 Å². The molecule has 21 heavy (non-hydrogen) atoms. The molecule has 1 amide bonds. The number of hydrogen-bond acceptors (Lipinski definition) is 5. The fraction of sp³-hybridized carbons (Fsp3) is 0.417. The quantitative estimate of drug-likeness (QED) is 0.781. The summed E-state index contributed by atoms with van der Waals surface area (Å²) in [5.74, 6) is 0.0716. The van der Waals surface area contributed by atoms with Crippen molar-refractivity contribution in [3.05, 3.63) is 17.2 Å². The molecule has 0 unspecified atom stereocenters. The summed E-state index contributed by atoms with van der Waals surface area (Å²) in [4.78, 5) is 11.8. The van der Waals surface area contributed by atoms with Crippen molar-refractivity contribution in [3.63, 3.8) is 0 Å². The summed E-state index contributed by atoms with van der Waals surface area (Å²) in [6, 6.07) is 2.99. The van der Waals surface area contributed by atoms with E-state index in [1.165, 1.54) is 33.3 Å². The number of anilines is 1. The van der Waals surface area contributed by atoms with Crippen molar-refractivity contribution in [3.8, 4) is 11.5 Å². The molecule has 1 rings (SSSR count). The van der Waals surface area contributed by atoms with Gasteiger partial charge in [0.15, 0.2) is 0 Å². The molecule has 9 heteroatoms. The van der Waals surface area contributed by atoms with E-state index in [0.29, 0.717) is 22.2 Å². The molecular weight excluding hydrogens is 320 g/mol. The number of methoxy groups -OCH3 is 2. The average molecular weight is 337 g/mol. The SMILES string of the molecule is CCS(=O)(=O)NCC(=O)Nc1cc(OC)c(Cl)cc1OC. The maximum Gasteiger partial charge on any atom is 0.239 e. The normalized spacial score (nSPS) is 11.0. The van der Waals surface area contributed by atoms with Gasteiger partial charge in [-0.2, -0.15) is 0 Å². The monoisotopic (exact) mass is 336 g/mol. The lowest BCUT2D eigenvalue weighted by atomic mass is 10.2. The number of benzene rings is 1. The van der Waals surface area contributed by atoms with Gasteiger partial charge in [-0.25, -0.2) is 13.1 Å². The Hall–Kier alpha value is -1.51. The summed E-state index contributed by atoms with van der Waals surface area (Å²) in [5, 5.41) is 2.86. The number of carbonyl (C=O) groups excluding carboxylic acids is 1. The molecule has 0 radical (unpaired) electrons. The zero-order chi connectivity index (χ0) is 16.0. The summed E-state index contributed by atoms with van der Waals surface area (Å²) < 4.78 is 34.9. The second-order valence-corrected chi connectivity index (χ2v) is 6.46. The molecule has 118 valence electrons. The number of hydrogen-bond donors (Lipinski definition) is 2. The Morgan fingerprint density at radius 1 is 1.24 bits per heavy atom. The van der Waals surface area contributed by atoms with E-state index >= 15 is 0 Å². The van der Waals surface area contributed by atoms with Crippen molar-refractivity contribution in [2.45, 2.75) is 6.92 Å². The topological polar surface area (TPSA) is 93.7 Å². The van der Waals surface area contributed by atoms with Gasteiger partial charge in [0.05, 0.1) is 37.2 Å². The Balaban J connectivity index is 2.84. The Kier molecular flexibility index (Phi) is 6.25. The standard InChI is InChI=1S/C12H17ClN2O5S/c1-4-21(17,18)14-7-12(16)15-9-6-10(19-2)8(13)5-11(9)20-3/h5-6,14H,4,7H2,1-3H3,(H,15,16). The highest BCUT2D eigenvalue weighted by Gasteiger charge is 2.14. The van der Waals surface area contributed by atoms with Crippen molar-refractivity contribution >= 4 is 33.2 Å². The first-order chi connectivity index (χ1) is 9.82.